The summed E-state index contributed by atoms with van der Waals surface area (Å²) in [4.78, 5) is 1.43. The lowest BCUT2D eigenvalue weighted by Crippen LogP contribution is -2.34. The molecular weight excluding hydrogens is 266 g/mol. The topological polar surface area (TPSA) is 40.7 Å². The number of hydrogen-bond acceptors (Lipinski definition) is 3. The highest BCUT2D eigenvalue weighted by molar-refractivity contribution is 7.99. The molecule has 0 radical (unpaired) electrons. The van der Waals surface area contributed by atoms with E-state index in [1.54, 1.807) is 0 Å². The van der Waals surface area contributed by atoms with Gasteiger partial charge in [-0.2, -0.15) is 5.10 Å². The van der Waals surface area contributed by atoms with Crippen molar-refractivity contribution in [3.8, 4) is 0 Å². The minimum Gasteiger partial charge on any atom is -0.307 e. The third-order valence-electron chi connectivity index (χ3n) is 3.72. The van der Waals surface area contributed by atoms with Gasteiger partial charge in [-0.25, -0.2) is 0 Å². The molecule has 3 nitrogen and oxygen atoms in total. The molecule has 2 aromatic rings. The average molecular weight is 287 g/mol. The fourth-order valence-corrected chi connectivity index (χ4v) is 3.94. The van der Waals surface area contributed by atoms with Crippen LogP contribution < -0.4 is 5.32 Å². The number of fused-ring (bicyclic) bond motifs is 1. The Balaban J connectivity index is 1.66. The number of aromatic amines is 1. The molecule has 2 atom stereocenters. The molecule has 0 unspecified atom stereocenters. The zero-order valence-electron chi connectivity index (χ0n) is 12.0. The van der Waals surface area contributed by atoms with E-state index in [1.807, 2.05) is 18.7 Å². The highest BCUT2D eigenvalue weighted by Gasteiger charge is 2.21. The standard InChI is InChI=1S/C16H21N3S/c1-11(9-13-10-12(2)18-19-13)17-15-7-8-20-16-6-4-3-5-14(15)16/h3-6,10-11,15,17H,7-9H2,1-2H3,(H,18,19)/t11-,15+/m0/s1. The van der Waals surface area contributed by atoms with Crippen LogP contribution in [0.25, 0.3) is 0 Å². The molecule has 20 heavy (non-hydrogen) atoms. The van der Waals surface area contributed by atoms with E-state index >= 15 is 0 Å². The molecule has 0 bridgehead atoms. The summed E-state index contributed by atoms with van der Waals surface area (Å²) in [5.41, 5.74) is 3.72. The average Bonchev–Trinajstić information content (AvgIpc) is 2.84. The third-order valence-corrected chi connectivity index (χ3v) is 4.84. The van der Waals surface area contributed by atoms with Gasteiger partial charge in [0.1, 0.15) is 0 Å². The Morgan fingerprint density at radius 1 is 1.45 bits per heavy atom. The summed E-state index contributed by atoms with van der Waals surface area (Å²) in [7, 11) is 0. The Bertz CT molecular complexity index is 579. The van der Waals surface area contributed by atoms with Crippen molar-refractivity contribution in [1.82, 2.24) is 15.5 Å². The van der Waals surface area contributed by atoms with Crippen LogP contribution in [0.4, 0.5) is 0 Å². The van der Waals surface area contributed by atoms with Gasteiger partial charge in [-0.05, 0) is 43.7 Å². The number of H-pyrrole nitrogens is 1. The highest BCUT2D eigenvalue weighted by Crippen LogP contribution is 2.36. The maximum atomic E-state index is 4.32. The Labute approximate surface area is 124 Å². The fourth-order valence-electron chi connectivity index (χ4n) is 2.81. The summed E-state index contributed by atoms with van der Waals surface area (Å²) < 4.78 is 0. The molecule has 3 rings (SSSR count). The van der Waals surface area contributed by atoms with Gasteiger partial charge in [0.15, 0.2) is 0 Å². The minimum absolute atomic E-state index is 0.429. The predicted octanol–water partition coefficient (Wildman–Crippen LogP) is 3.48. The molecule has 0 spiro atoms. The second kappa shape index (κ2) is 6.02. The number of aromatic nitrogens is 2. The van der Waals surface area contributed by atoms with E-state index < -0.39 is 0 Å². The van der Waals surface area contributed by atoms with E-state index in [1.165, 1.54) is 22.6 Å². The maximum absolute atomic E-state index is 4.32. The van der Waals surface area contributed by atoms with E-state index in [0.29, 0.717) is 12.1 Å². The normalized spacial score (nSPS) is 19.6. The van der Waals surface area contributed by atoms with Crippen LogP contribution in [0.15, 0.2) is 35.2 Å². The van der Waals surface area contributed by atoms with E-state index in [2.05, 4.69) is 52.8 Å². The molecule has 0 aliphatic carbocycles. The molecule has 1 aromatic carbocycles. The zero-order valence-corrected chi connectivity index (χ0v) is 12.8. The Morgan fingerprint density at radius 2 is 2.30 bits per heavy atom. The fraction of sp³-hybridized carbons (Fsp3) is 0.438. The SMILES string of the molecule is Cc1cc(C[C@H](C)N[C@@H]2CCSc3ccccc32)n[nH]1. The van der Waals surface area contributed by atoms with Crippen LogP contribution in [0.3, 0.4) is 0 Å². The van der Waals surface area contributed by atoms with E-state index in [-0.39, 0.29) is 0 Å². The van der Waals surface area contributed by atoms with E-state index in [9.17, 15) is 0 Å². The van der Waals surface area contributed by atoms with Gasteiger partial charge in [-0.15, -0.1) is 11.8 Å². The molecule has 1 aromatic heterocycles. The third kappa shape index (κ3) is 3.07. The Hall–Kier alpha value is -1.26. The largest absolute Gasteiger partial charge is 0.307 e. The molecular formula is C16H21N3S. The quantitative estimate of drug-likeness (QED) is 0.904. The number of hydrogen-bond donors (Lipinski definition) is 2. The van der Waals surface area contributed by atoms with Gasteiger partial charge in [0.25, 0.3) is 0 Å². The number of benzene rings is 1. The van der Waals surface area contributed by atoms with Crippen LogP contribution in [-0.2, 0) is 6.42 Å². The van der Waals surface area contributed by atoms with Crippen molar-refractivity contribution in [3.05, 3.63) is 47.3 Å². The van der Waals surface area contributed by atoms with Crippen LogP contribution in [-0.4, -0.2) is 22.0 Å². The highest BCUT2D eigenvalue weighted by atomic mass is 32.2. The molecule has 2 N–H and O–H groups in total. The van der Waals surface area contributed by atoms with Crippen LogP contribution >= 0.6 is 11.8 Å². The summed E-state index contributed by atoms with van der Waals surface area (Å²) in [6, 6.07) is 11.8. The van der Waals surface area contributed by atoms with Crippen LogP contribution in [0.1, 0.15) is 36.3 Å². The molecule has 1 aliphatic rings. The van der Waals surface area contributed by atoms with Gasteiger partial charge >= 0.3 is 0 Å². The minimum atomic E-state index is 0.429. The molecule has 0 amide bonds. The van der Waals surface area contributed by atoms with Gasteiger partial charge in [-0.3, -0.25) is 5.10 Å². The first-order valence-corrected chi connectivity index (χ1v) is 8.19. The maximum Gasteiger partial charge on any atom is 0.0640 e. The van der Waals surface area contributed by atoms with Crippen molar-refractivity contribution >= 4 is 11.8 Å². The van der Waals surface area contributed by atoms with Crippen molar-refractivity contribution in [2.24, 2.45) is 0 Å². The molecule has 4 heteroatoms. The van der Waals surface area contributed by atoms with Crippen molar-refractivity contribution < 1.29 is 0 Å². The zero-order chi connectivity index (χ0) is 13.9. The second-order valence-electron chi connectivity index (χ2n) is 5.54. The number of nitrogens with one attached hydrogen (secondary N) is 2. The van der Waals surface area contributed by atoms with Crippen molar-refractivity contribution in [1.29, 1.82) is 0 Å². The van der Waals surface area contributed by atoms with Crippen molar-refractivity contribution in [2.45, 2.75) is 43.7 Å². The lowest BCUT2D eigenvalue weighted by Gasteiger charge is -2.28. The summed E-state index contributed by atoms with van der Waals surface area (Å²) in [5, 5.41) is 11.1. The molecule has 1 aliphatic heterocycles. The van der Waals surface area contributed by atoms with Gasteiger partial charge in [-0.1, -0.05) is 18.2 Å². The van der Waals surface area contributed by atoms with Crippen molar-refractivity contribution in [3.63, 3.8) is 0 Å². The number of thioether (sulfide) groups is 1. The lowest BCUT2D eigenvalue weighted by atomic mass is 10.0. The molecule has 106 valence electrons. The summed E-state index contributed by atoms with van der Waals surface area (Å²) in [5.74, 6) is 1.20. The molecule has 0 fully saturated rings. The first kappa shape index (κ1) is 13.7. The smallest absolute Gasteiger partial charge is 0.0640 e. The van der Waals surface area contributed by atoms with Crippen LogP contribution in [0, 0.1) is 6.92 Å². The van der Waals surface area contributed by atoms with Crippen molar-refractivity contribution in [2.75, 3.05) is 5.75 Å². The van der Waals surface area contributed by atoms with Gasteiger partial charge < -0.3 is 5.32 Å². The Morgan fingerprint density at radius 3 is 3.10 bits per heavy atom. The van der Waals surface area contributed by atoms with E-state index in [4.69, 9.17) is 0 Å². The summed E-state index contributed by atoms with van der Waals surface area (Å²) >= 11 is 1.97. The number of rotatable bonds is 4. The second-order valence-corrected chi connectivity index (χ2v) is 6.68. The predicted molar refractivity (Wildman–Crippen MR) is 84.2 cm³/mol. The van der Waals surface area contributed by atoms with E-state index in [0.717, 1.165) is 17.8 Å². The monoisotopic (exact) mass is 287 g/mol. The van der Waals surface area contributed by atoms with Crippen LogP contribution in [0.2, 0.25) is 0 Å². The molecule has 2 heterocycles. The van der Waals surface area contributed by atoms with Crippen LogP contribution in [0.5, 0.6) is 0 Å². The van der Waals surface area contributed by atoms with Gasteiger partial charge in [0.2, 0.25) is 0 Å². The molecule has 0 saturated carbocycles. The number of aryl methyl sites for hydroxylation is 1. The van der Waals surface area contributed by atoms with Gasteiger partial charge in [0.05, 0.1) is 5.69 Å². The summed E-state index contributed by atoms with van der Waals surface area (Å²) in [6.45, 7) is 4.29. The van der Waals surface area contributed by atoms with Gasteiger partial charge in [0, 0.05) is 29.1 Å². The number of nitrogens with zero attached hydrogens (tertiary/aromatic N) is 1. The molecule has 0 saturated heterocycles. The lowest BCUT2D eigenvalue weighted by molar-refractivity contribution is 0.435. The summed E-state index contributed by atoms with van der Waals surface area (Å²) in [6.07, 6.45) is 2.17. The first-order chi connectivity index (χ1) is 9.72. The first-order valence-electron chi connectivity index (χ1n) is 7.21. The Kier molecular flexibility index (Phi) is 4.13.